The predicted octanol–water partition coefficient (Wildman–Crippen LogP) is 1.35. The molecule has 0 radical (unpaired) electrons. The van der Waals surface area contributed by atoms with Crippen LogP contribution in [-0.4, -0.2) is 36.5 Å². The third-order valence-electron chi connectivity index (χ3n) is 2.82. The molecule has 1 fully saturated rings. The van der Waals surface area contributed by atoms with E-state index < -0.39 is 0 Å². The molecule has 0 aliphatic carbocycles. The quantitative estimate of drug-likeness (QED) is 0.787. The van der Waals surface area contributed by atoms with Crippen molar-refractivity contribution in [2.45, 2.75) is 13.3 Å². The van der Waals surface area contributed by atoms with Gasteiger partial charge in [-0.25, -0.2) is 4.79 Å². The summed E-state index contributed by atoms with van der Waals surface area (Å²) in [5.41, 5.74) is 1.84. The Morgan fingerprint density at radius 1 is 1.44 bits per heavy atom. The first-order chi connectivity index (χ1) is 8.65. The average Bonchev–Trinajstić information content (AvgIpc) is 2.54. The van der Waals surface area contributed by atoms with Crippen LogP contribution >= 0.6 is 0 Å². The second-order valence-corrected chi connectivity index (χ2v) is 4.42. The van der Waals surface area contributed by atoms with Crippen molar-refractivity contribution in [1.29, 1.82) is 0 Å². The molecule has 1 saturated heterocycles. The molecular weight excluding hydrogens is 230 g/mol. The standard InChI is InChI=1S/C13H17N3O2/c1-10-4-2-5-11(8-10)15-13(18)16-7-3-6-14-12(17)9-16/h2,4-5,8H,3,6-7,9H2,1H3,(H,14,17)(H,15,18). The number of benzene rings is 1. The Labute approximate surface area is 106 Å². The molecule has 5 heteroatoms. The van der Waals surface area contributed by atoms with E-state index in [4.69, 9.17) is 0 Å². The van der Waals surface area contributed by atoms with Gasteiger partial charge in [-0.05, 0) is 31.0 Å². The van der Waals surface area contributed by atoms with Crippen molar-refractivity contribution >= 4 is 17.6 Å². The maximum atomic E-state index is 12.0. The van der Waals surface area contributed by atoms with Crippen LogP contribution in [0.1, 0.15) is 12.0 Å². The molecule has 0 aromatic heterocycles. The van der Waals surface area contributed by atoms with Gasteiger partial charge in [-0.15, -0.1) is 0 Å². The smallest absolute Gasteiger partial charge is 0.322 e. The van der Waals surface area contributed by atoms with Crippen LogP contribution in [0.2, 0.25) is 0 Å². The topological polar surface area (TPSA) is 61.4 Å². The third-order valence-corrected chi connectivity index (χ3v) is 2.82. The molecule has 5 nitrogen and oxygen atoms in total. The lowest BCUT2D eigenvalue weighted by atomic mass is 10.2. The van der Waals surface area contributed by atoms with Crippen LogP contribution in [0.5, 0.6) is 0 Å². The highest BCUT2D eigenvalue weighted by atomic mass is 16.2. The maximum Gasteiger partial charge on any atom is 0.322 e. The van der Waals surface area contributed by atoms with E-state index in [-0.39, 0.29) is 18.5 Å². The predicted molar refractivity (Wildman–Crippen MR) is 69.4 cm³/mol. The molecule has 0 spiro atoms. The van der Waals surface area contributed by atoms with E-state index in [0.29, 0.717) is 13.1 Å². The molecule has 0 unspecified atom stereocenters. The zero-order valence-electron chi connectivity index (χ0n) is 10.4. The number of amides is 3. The lowest BCUT2D eigenvalue weighted by Gasteiger charge is -2.19. The first-order valence-corrected chi connectivity index (χ1v) is 6.04. The molecule has 2 N–H and O–H groups in total. The Morgan fingerprint density at radius 3 is 3.06 bits per heavy atom. The van der Waals surface area contributed by atoms with Gasteiger partial charge in [-0.2, -0.15) is 0 Å². The first-order valence-electron chi connectivity index (χ1n) is 6.04. The fourth-order valence-corrected chi connectivity index (χ4v) is 1.90. The van der Waals surface area contributed by atoms with Crippen molar-refractivity contribution in [2.75, 3.05) is 25.0 Å². The summed E-state index contributed by atoms with van der Waals surface area (Å²) in [6, 6.07) is 7.37. The van der Waals surface area contributed by atoms with Crippen LogP contribution in [0.25, 0.3) is 0 Å². The van der Waals surface area contributed by atoms with E-state index in [1.54, 1.807) is 0 Å². The van der Waals surface area contributed by atoms with Gasteiger partial charge in [-0.3, -0.25) is 4.79 Å². The third kappa shape index (κ3) is 3.23. The number of aryl methyl sites for hydroxylation is 1. The average molecular weight is 247 g/mol. The number of hydrogen-bond acceptors (Lipinski definition) is 2. The minimum atomic E-state index is -0.224. The van der Waals surface area contributed by atoms with Crippen LogP contribution in [0.4, 0.5) is 10.5 Å². The molecule has 0 saturated carbocycles. The zero-order chi connectivity index (χ0) is 13.0. The van der Waals surface area contributed by atoms with Gasteiger partial charge in [-0.1, -0.05) is 12.1 Å². The van der Waals surface area contributed by atoms with Gasteiger partial charge in [0.1, 0.15) is 6.54 Å². The maximum absolute atomic E-state index is 12.0. The highest BCUT2D eigenvalue weighted by Crippen LogP contribution is 2.10. The molecule has 1 aromatic carbocycles. The lowest BCUT2D eigenvalue weighted by Crippen LogP contribution is -2.39. The number of anilines is 1. The highest BCUT2D eigenvalue weighted by Gasteiger charge is 2.19. The van der Waals surface area contributed by atoms with Crippen molar-refractivity contribution in [3.8, 4) is 0 Å². The van der Waals surface area contributed by atoms with Crippen LogP contribution in [-0.2, 0) is 4.79 Å². The summed E-state index contributed by atoms with van der Waals surface area (Å²) >= 11 is 0. The van der Waals surface area contributed by atoms with Crippen molar-refractivity contribution in [1.82, 2.24) is 10.2 Å². The summed E-state index contributed by atoms with van der Waals surface area (Å²) in [5.74, 6) is -0.105. The molecule has 96 valence electrons. The molecule has 1 aromatic rings. The van der Waals surface area contributed by atoms with E-state index in [9.17, 15) is 9.59 Å². The molecule has 1 heterocycles. The van der Waals surface area contributed by atoms with E-state index in [1.807, 2.05) is 31.2 Å². The normalized spacial score (nSPS) is 15.8. The number of hydrogen-bond donors (Lipinski definition) is 2. The molecule has 1 aliphatic heterocycles. The monoisotopic (exact) mass is 247 g/mol. The van der Waals surface area contributed by atoms with Gasteiger partial charge in [0.05, 0.1) is 0 Å². The van der Waals surface area contributed by atoms with Crippen LogP contribution in [0, 0.1) is 6.92 Å². The zero-order valence-corrected chi connectivity index (χ0v) is 10.4. The van der Waals surface area contributed by atoms with Gasteiger partial charge in [0.25, 0.3) is 0 Å². The molecule has 3 amide bonds. The Hall–Kier alpha value is -2.04. The number of carbonyl (C=O) groups is 2. The Morgan fingerprint density at radius 2 is 2.28 bits per heavy atom. The summed E-state index contributed by atoms with van der Waals surface area (Å²) < 4.78 is 0. The van der Waals surface area contributed by atoms with Gasteiger partial charge < -0.3 is 15.5 Å². The summed E-state index contributed by atoms with van der Waals surface area (Å²) in [6.07, 6.45) is 0.785. The number of carbonyl (C=O) groups excluding carboxylic acids is 2. The molecule has 1 aliphatic rings. The number of nitrogens with one attached hydrogen (secondary N) is 2. The minimum absolute atomic E-state index is 0.105. The van der Waals surface area contributed by atoms with Gasteiger partial charge in [0, 0.05) is 18.8 Å². The summed E-state index contributed by atoms with van der Waals surface area (Å²) in [5, 5.41) is 5.55. The summed E-state index contributed by atoms with van der Waals surface area (Å²) in [7, 11) is 0. The van der Waals surface area contributed by atoms with Crippen molar-refractivity contribution in [3.63, 3.8) is 0 Å². The van der Waals surface area contributed by atoms with E-state index in [2.05, 4.69) is 10.6 Å². The Bertz CT molecular complexity index is 459. The van der Waals surface area contributed by atoms with Gasteiger partial charge in [0.15, 0.2) is 0 Å². The van der Waals surface area contributed by atoms with Crippen LogP contribution in [0.15, 0.2) is 24.3 Å². The fourth-order valence-electron chi connectivity index (χ4n) is 1.90. The van der Waals surface area contributed by atoms with Crippen LogP contribution in [0.3, 0.4) is 0 Å². The number of urea groups is 1. The lowest BCUT2D eigenvalue weighted by molar-refractivity contribution is -0.120. The van der Waals surface area contributed by atoms with Crippen LogP contribution < -0.4 is 10.6 Å². The van der Waals surface area contributed by atoms with Gasteiger partial charge in [0.2, 0.25) is 5.91 Å². The molecule has 0 bridgehead atoms. The molecular formula is C13H17N3O2. The second kappa shape index (κ2) is 5.53. The highest BCUT2D eigenvalue weighted by molar-refractivity contribution is 5.92. The second-order valence-electron chi connectivity index (χ2n) is 4.42. The van der Waals surface area contributed by atoms with E-state index in [0.717, 1.165) is 17.7 Å². The number of rotatable bonds is 1. The number of nitrogens with zero attached hydrogens (tertiary/aromatic N) is 1. The van der Waals surface area contributed by atoms with Gasteiger partial charge >= 0.3 is 6.03 Å². The van der Waals surface area contributed by atoms with E-state index >= 15 is 0 Å². The summed E-state index contributed by atoms with van der Waals surface area (Å²) in [4.78, 5) is 24.9. The van der Waals surface area contributed by atoms with Crippen molar-refractivity contribution in [3.05, 3.63) is 29.8 Å². The van der Waals surface area contributed by atoms with Crippen molar-refractivity contribution < 1.29 is 9.59 Å². The SMILES string of the molecule is Cc1cccc(NC(=O)N2CCCNC(=O)C2)c1. The largest absolute Gasteiger partial charge is 0.354 e. The molecule has 2 rings (SSSR count). The molecule has 18 heavy (non-hydrogen) atoms. The first kappa shape index (κ1) is 12.4. The Kier molecular flexibility index (Phi) is 3.82. The van der Waals surface area contributed by atoms with E-state index in [1.165, 1.54) is 4.90 Å². The van der Waals surface area contributed by atoms with Crippen molar-refractivity contribution in [2.24, 2.45) is 0 Å². The fraction of sp³-hybridized carbons (Fsp3) is 0.385. The minimum Gasteiger partial charge on any atom is -0.354 e. The summed E-state index contributed by atoms with van der Waals surface area (Å²) in [6.45, 7) is 3.32. The molecule has 0 atom stereocenters. The Balaban J connectivity index is 2.00.